The first-order valence-electron chi connectivity index (χ1n) is 5.71. The molecule has 1 saturated carbocycles. The standard InChI is InChI=1S/C11H18N2O3/c1-3-16-10(15)7-4-11(2)5-8(11)13(7)9(14)6-12/h7-8H,3-6,12H2,1-2H3/t7?,8?,11-/m1/s1. The number of rotatable bonds is 3. The van der Waals surface area contributed by atoms with E-state index >= 15 is 0 Å². The maximum Gasteiger partial charge on any atom is 0.328 e. The minimum atomic E-state index is -0.417. The summed E-state index contributed by atoms with van der Waals surface area (Å²) >= 11 is 0. The minimum absolute atomic E-state index is 0.0392. The van der Waals surface area contributed by atoms with Crippen LogP contribution in [0.25, 0.3) is 0 Å². The van der Waals surface area contributed by atoms with E-state index in [-0.39, 0.29) is 29.9 Å². The van der Waals surface area contributed by atoms with E-state index in [2.05, 4.69) is 6.92 Å². The summed E-state index contributed by atoms with van der Waals surface area (Å²) in [6, 6.07) is -0.224. The molecule has 3 atom stereocenters. The number of esters is 1. The molecule has 0 aromatic heterocycles. The topological polar surface area (TPSA) is 72.6 Å². The molecule has 2 rings (SSSR count). The van der Waals surface area contributed by atoms with Gasteiger partial charge in [0.2, 0.25) is 5.91 Å². The lowest BCUT2D eigenvalue weighted by Gasteiger charge is -2.25. The third kappa shape index (κ3) is 1.59. The Hall–Kier alpha value is -1.10. The first kappa shape index (κ1) is 11.4. The summed E-state index contributed by atoms with van der Waals surface area (Å²) in [7, 11) is 0. The van der Waals surface area contributed by atoms with Gasteiger partial charge in [-0.3, -0.25) is 4.79 Å². The molecule has 1 saturated heterocycles. The molecule has 2 unspecified atom stereocenters. The van der Waals surface area contributed by atoms with Gasteiger partial charge < -0.3 is 15.4 Å². The molecule has 16 heavy (non-hydrogen) atoms. The van der Waals surface area contributed by atoms with E-state index in [1.54, 1.807) is 11.8 Å². The number of carbonyl (C=O) groups is 2. The quantitative estimate of drug-likeness (QED) is 0.681. The highest BCUT2D eigenvalue weighted by Gasteiger charge is 2.64. The molecule has 0 bridgehead atoms. The van der Waals surface area contributed by atoms with Crippen molar-refractivity contribution in [3.05, 3.63) is 0 Å². The first-order valence-corrected chi connectivity index (χ1v) is 5.71. The van der Waals surface area contributed by atoms with Gasteiger partial charge in [-0.15, -0.1) is 0 Å². The zero-order chi connectivity index (χ0) is 11.9. The average Bonchev–Trinajstić information content (AvgIpc) is 2.81. The number of piperidine rings is 1. The van der Waals surface area contributed by atoms with Crippen LogP contribution < -0.4 is 5.73 Å². The number of fused-ring (bicyclic) bond motifs is 1. The average molecular weight is 226 g/mol. The lowest BCUT2D eigenvalue weighted by Crippen LogP contribution is -2.46. The van der Waals surface area contributed by atoms with E-state index in [9.17, 15) is 9.59 Å². The second-order valence-electron chi connectivity index (χ2n) is 4.85. The van der Waals surface area contributed by atoms with Gasteiger partial charge in [0.05, 0.1) is 13.2 Å². The number of likely N-dealkylation sites (tertiary alicyclic amines) is 1. The molecular formula is C11H18N2O3. The Labute approximate surface area is 94.9 Å². The van der Waals surface area contributed by atoms with Crippen molar-refractivity contribution >= 4 is 11.9 Å². The van der Waals surface area contributed by atoms with Crippen LogP contribution in [0, 0.1) is 5.41 Å². The first-order chi connectivity index (χ1) is 7.53. The van der Waals surface area contributed by atoms with Gasteiger partial charge in [0.25, 0.3) is 0 Å². The number of ether oxygens (including phenoxy) is 1. The molecule has 5 heteroatoms. The van der Waals surface area contributed by atoms with Gasteiger partial charge in [-0.1, -0.05) is 6.92 Å². The number of hydrogen-bond donors (Lipinski definition) is 1. The van der Waals surface area contributed by atoms with Crippen molar-refractivity contribution in [1.82, 2.24) is 4.90 Å². The molecule has 1 heterocycles. The Morgan fingerprint density at radius 1 is 1.50 bits per heavy atom. The predicted molar refractivity (Wildman–Crippen MR) is 57.5 cm³/mol. The van der Waals surface area contributed by atoms with Crippen molar-refractivity contribution in [2.75, 3.05) is 13.2 Å². The molecule has 2 aliphatic rings. The number of carbonyl (C=O) groups excluding carboxylic acids is 2. The fourth-order valence-corrected chi connectivity index (χ4v) is 2.68. The SMILES string of the molecule is CCOC(=O)C1C[C@]2(C)CC2N1C(=O)CN. The fraction of sp³-hybridized carbons (Fsp3) is 0.818. The lowest BCUT2D eigenvalue weighted by molar-refractivity contribution is -0.153. The van der Waals surface area contributed by atoms with Crippen LogP contribution in [0.15, 0.2) is 0 Å². The van der Waals surface area contributed by atoms with Crippen molar-refractivity contribution in [2.45, 2.75) is 38.8 Å². The van der Waals surface area contributed by atoms with Crippen molar-refractivity contribution in [3.63, 3.8) is 0 Å². The van der Waals surface area contributed by atoms with Gasteiger partial charge in [0.15, 0.2) is 0 Å². The minimum Gasteiger partial charge on any atom is -0.464 e. The van der Waals surface area contributed by atoms with Crippen LogP contribution in [-0.2, 0) is 14.3 Å². The van der Waals surface area contributed by atoms with Crippen molar-refractivity contribution in [2.24, 2.45) is 11.1 Å². The van der Waals surface area contributed by atoms with Crippen molar-refractivity contribution in [1.29, 1.82) is 0 Å². The molecule has 1 aliphatic carbocycles. The van der Waals surface area contributed by atoms with E-state index < -0.39 is 6.04 Å². The smallest absolute Gasteiger partial charge is 0.328 e. The molecule has 1 amide bonds. The van der Waals surface area contributed by atoms with Gasteiger partial charge in [0.1, 0.15) is 6.04 Å². The molecule has 0 aromatic carbocycles. The van der Waals surface area contributed by atoms with Crippen LogP contribution in [0.5, 0.6) is 0 Å². The highest BCUT2D eigenvalue weighted by molar-refractivity contribution is 5.87. The maximum atomic E-state index is 11.7. The van der Waals surface area contributed by atoms with Gasteiger partial charge >= 0.3 is 5.97 Å². The van der Waals surface area contributed by atoms with Gasteiger partial charge in [-0.25, -0.2) is 4.79 Å². The van der Waals surface area contributed by atoms with Crippen LogP contribution in [0.4, 0.5) is 0 Å². The summed E-state index contributed by atoms with van der Waals surface area (Å²) in [5.74, 6) is -0.443. The Kier molecular flexibility index (Phi) is 2.66. The molecule has 1 aliphatic heterocycles. The summed E-state index contributed by atoms with van der Waals surface area (Å²) in [5, 5.41) is 0. The lowest BCUT2D eigenvalue weighted by atomic mass is 10.0. The zero-order valence-electron chi connectivity index (χ0n) is 9.73. The highest BCUT2D eigenvalue weighted by Crippen LogP contribution is 2.59. The molecule has 0 aromatic rings. The molecule has 0 spiro atoms. The Bertz CT molecular complexity index is 331. The Morgan fingerprint density at radius 3 is 2.75 bits per heavy atom. The predicted octanol–water partition coefficient (Wildman–Crippen LogP) is -0.112. The van der Waals surface area contributed by atoms with Crippen molar-refractivity contribution < 1.29 is 14.3 Å². The van der Waals surface area contributed by atoms with Crippen LogP contribution in [0.1, 0.15) is 26.7 Å². The summed E-state index contributed by atoms with van der Waals surface area (Å²) < 4.78 is 4.99. The molecular weight excluding hydrogens is 208 g/mol. The van der Waals surface area contributed by atoms with E-state index in [1.807, 2.05) is 0 Å². The van der Waals surface area contributed by atoms with Crippen LogP contribution >= 0.6 is 0 Å². The third-order valence-electron chi connectivity index (χ3n) is 3.66. The monoisotopic (exact) mass is 226 g/mol. The van der Waals surface area contributed by atoms with Crippen LogP contribution in [-0.4, -0.2) is 42.0 Å². The number of amides is 1. The van der Waals surface area contributed by atoms with Crippen LogP contribution in [0.3, 0.4) is 0 Å². The molecule has 2 N–H and O–H groups in total. The highest BCUT2D eigenvalue weighted by atomic mass is 16.5. The van der Waals surface area contributed by atoms with E-state index in [0.29, 0.717) is 13.0 Å². The molecule has 90 valence electrons. The maximum absolute atomic E-state index is 11.7. The number of nitrogens with two attached hydrogens (primary N) is 1. The van der Waals surface area contributed by atoms with Gasteiger partial charge in [-0.05, 0) is 25.2 Å². The number of nitrogens with zero attached hydrogens (tertiary/aromatic N) is 1. The normalized spacial score (nSPS) is 35.8. The largest absolute Gasteiger partial charge is 0.464 e. The Balaban J connectivity index is 2.12. The summed E-state index contributed by atoms with van der Waals surface area (Å²) in [4.78, 5) is 25.1. The molecule has 0 radical (unpaired) electrons. The second kappa shape index (κ2) is 3.73. The Morgan fingerprint density at radius 2 is 2.19 bits per heavy atom. The summed E-state index contributed by atoms with van der Waals surface area (Å²) in [6.07, 6.45) is 1.69. The van der Waals surface area contributed by atoms with Crippen LogP contribution in [0.2, 0.25) is 0 Å². The number of hydrogen-bond acceptors (Lipinski definition) is 4. The van der Waals surface area contributed by atoms with E-state index in [4.69, 9.17) is 10.5 Å². The fourth-order valence-electron chi connectivity index (χ4n) is 2.68. The second-order valence-corrected chi connectivity index (χ2v) is 4.85. The van der Waals surface area contributed by atoms with Gasteiger partial charge in [0, 0.05) is 6.04 Å². The van der Waals surface area contributed by atoms with Gasteiger partial charge in [-0.2, -0.15) is 0 Å². The van der Waals surface area contributed by atoms with E-state index in [0.717, 1.165) is 6.42 Å². The van der Waals surface area contributed by atoms with Crippen molar-refractivity contribution in [3.8, 4) is 0 Å². The summed E-state index contributed by atoms with van der Waals surface area (Å²) in [5.41, 5.74) is 5.48. The summed E-state index contributed by atoms with van der Waals surface area (Å²) in [6.45, 7) is 4.18. The van der Waals surface area contributed by atoms with E-state index in [1.165, 1.54) is 0 Å². The molecule has 5 nitrogen and oxygen atoms in total. The molecule has 2 fully saturated rings. The zero-order valence-corrected chi connectivity index (χ0v) is 9.73. The third-order valence-corrected chi connectivity index (χ3v) is 3.66.